The van der Waals surface area contributed by atoms with Gasteiger partial charge in [0.05, 0.1) is 12.7 Å². The molecule has 2 heterocycles. The molecule has 4 nitrogen and oxygen atoms in total. The van der Waals surface area contributed by atoms with E-state index in [0.29, 0.717) is 12.1 Å². The molecule has 94 valence electrons. The molecule has 0 radical (unpaired) electrons. The van der Waals surface area contributed by atoms with Crippen LogP contribution in [-0.2, 0) is 9.47 Å². The molecule has 2 rings (SSSR count). The summed E-state index contributed by atoms with van der Waals surface area (Å²) in [4.78, 5) is 2.57. The Balaban J connectivity index is 1.62. The van der Waals surface area contributed by atoms with E-state index in [1.165, 1.54) is 32.4 Å². The van der Waals surface area contributed by atoms with E-state index in [9.17, 15) is 0 Å². The zero-order valence-electron chi connectivity index (χ0n) is 10.1. The fourth-order valence-corrected chi connectivity index (χ4v) is 2.55. The minimum absolute atomic E-state index is 0.463. The standard InChI is InChI=1S/C12H24N2O2/c13-5-1-8-16-12-2-6-14(7-3-12)11-4-9-15-10-11/h11-12H,1-10,13H2. The lowest BCUT2D eigenvalue weighted by Crippen LogP contribution is -2.43. The van der Waals surface area contributed by atoms with Crippen molar-refractivity contribution in [2.75, 3.05) is 39.5 Å². The summed E-state index contributed by atoms with van der Waals surface area (Å²) in [5.41, 5.74) is 5.45. The normalized spacial score (nSPS) is 28.7. The Morgan fingerprint density at radius 3 is 2.69 bits per heavy atom. The average Bonchev–Trinajstić information content (AvgIpc) is 2.84. The zero-order valence-corrected chi connectivity index (χ0v) is 10.1. The van der Waals surface area contributed by atoms with Gasteiger partial charge in [0.2, 0.25) is 0 Å². The number of likely N-dealkylation sites (tertiary alicyclic amines) is 1. The fourth-order valence-electron chi connectivity index (χ4n) is 2.55. The summed E-state index contributed by atoms with van der Waals surface area (Å²) in [6, 6.07) is 0.671. The molecule has 0 aromatic carbocycles. The molecular weight excluding hydrogens is 204 g/mol. The molecule has 1 atom stereocenters. The van der Waals surface area contributed by atoms with Gasteiger partial charge in [0.1, 0.15) is 0 Å². The van der Waals surface area contributed by atoms with Gasteiger partial charge >= 0.3 is 0 Å². The highest BCUT2D eigenvalue weighted by Crippen LogP contribution is 2.20. The van der Waals surface area contributed by atoms with Crippen LogP contribution < -0.4 is 5.73 Å². The Morgan fingerprint density at radius 1 is 1.25 bits per heavy atom. The molecule has 0 aliphatic carbocycles. The number of nitrogens with zero attached hydrogens (tertiary/aromatic N) is 1. The highest BCUT2D eigenvalue weighted by molar-refractivity contribution is 4.81. The van der Waals surface area contributed by atoms with Crippen molar-refractivity contribution in [2.24, 2.45) is 5.73 Å². The molecular formula is C12H24N2O2. The summed E-state index contributed by atoms with van der Waals surface area (Å²) >= 11 is 0. The van der Waals surface area contributed by atoms with Crippen molar-refractivity contribution in [2.45, 2.75) is 37.8 Å². The van der Waals surface area contributed by atoms with Gasteiger partial charge in [0, 0.05) is 32.3 Å². The minimum atomic E-state index is 0.463. The van der Waals surface area contributed by atoms with E-state index < -0.39 is 0 Å². The largest absolute Gasteiger partial charge is 0.380 e. The first-order chi connectivity index (χ1) is 7.90. The van der Waals surface area contributed by atoms with Crippen molar-refractivity contribution in [1.29, 1.82) is 0 Å². The maximum atomic E-state index is 5.80. The number of hydrogen-bond donors (Lipinski definition) is 1. The lowest BCUT2D eigenvalue weighted by molar-refractivity contribution is -0.00315. The quantitative estimate of drug-likeness (QED) is 0.700. The van der Waals surface area contributed by atoms with E-state index >= 15 is 0 Å². The number of piperidine rings is 1. The van der Waals surface area contributed by atoms with Crippen LogP contribution in [0.15, 0.2) is 0 Å². The van der Waals surface area contributed by atoms with Crippen molar-refractivity contribution in [3.05, 3.63) is 0 Å². The van der Waals surface area contributed by atoms with Crippen LogP contribution in [0.4, 0.5) is 0 Å². The first kappa shape index (κ1) is 12.3. The molecule has 2 saturated heterocycles. The lowest BCUT2D eigenvalue weighted by atomic mass is 10.1. The van der Waals surface area contributed by atoms with Crippen LogP contribution in [0.25, 0.3) is 0 Å². The van der Waals surface area contributed by atoms with E-state index in [0.717, 1.165) is 32.8 Å². The van der Waals surface area contributed by atoms with Gasteiger partial charge in [-0.25, -0.2) is 0 Å². The van der Waals surface area contributed by atoms with Crippen molar-refractivity contribution >= 4 is 0 Å². The highest BCUT2D eigenvalue weighted by Gasteiger charge is 2.27. The maximum absolute atomic E-state index is 5.80. The average molecular weight is 228 g/mol. The van der Waals surface area contributed by atoms with E-state index in [-0.39, 0.29) is 0 Å². The summed E-state index contributed by atoms with van der Waals surface area (Å²) in [5, 5.41) is 0. The molecule has 1 unspecified atom stereocenters. The number of ether oxygens (including phenoxy) is 2. The Bertz CT molecular complexity index is 187. The van der Waals surface area contributed by atoms with Gasteiger partial charge < -0.3 is 15.2 Å². The summed E-state index contributed by atoms with van der Waals surface area (Å²) in [6.45, 7) is 5.77. The molecule has 2 aliphatic heterocycles. The predicted octanol–water partition coefficient (Wildman–Crippen LogP) is 0.605. The molecule has 0 saturated carbocycles. The molecule has 0 aromatic heterocycles. The van der Waals surface area contributed by atoms with E-state index in [1.54, 1.807) is 0 Å². The Morgan fingerprint density at radius 2 is 2.06 bits per heavy atom. The number of nitrogens with two attached hydrogens (primary N) is 1. The Labute approximate surface area is 98.1 Å². The van der Waals surface area contributed by atoms with Gasteiger partial charge in [-0.05, 0) is 32.2 Å². The lowest BCUT2D eigenvalue weighted by Gasteiger charge is -2.35. The first-order valence-corrected chi connectivity index (χ1v) is 6.53. The van der Waals surface area contributed by atoms with Crippen LogP contribution in [0.5, 0.6) is 0 Å². The second-order valence-corrected chi connectivity index (χ2v) is 4.77. The molecule has 2 aliphatic rings. The Kier molecular flexibility index (Phi) is 5.03. The van der Waals surface area contributed by atoms with Gasteiger partial charge in [0.25, 0.3) is 0 Å². The van der Waals surface area contributed by atoms with Crippen molar-refractivity contribution in [3.63, 3.8) is 0 Å². The molecule has 2 N–H and O–H groups in total. The molecule has 0 aromatic rings. The smallest absolute Gasteiger partial charge is 0.0622 e. The summed E-state index contributed by atoms with van der Waals surface area (Å²) in [7, 11) is 0. The van der Waals surface area contributed by atoms with Crippen LogP contribution in [0.3, 0.4) is 0 Å². The maximum Gasteiger partial charge on any atom is 0.0622 e. The third kappa shape index (κ3) is 3.42. The van der Waals surface area contributed by atoms with E-state index in [1.807, 2.05) is 0 Å². The molecule has 0 amide bonds. The number of rotatable bonds is 5. The van der Waals surface area contributed by atoms with Gasteiger partial charge in [-0.15, -0.1) is 0 Å². The van der Waals surface area contributed by atoms with E-state index in [2.05, 4.69) is 4.90 Å². The third-order valence-corrected chi connectivity index (χ3v) is 3.60. The second-order valence-electron chi connectivity index (χ2n) is 4.77. The summed E-state index contributed by atoms with van der Waals surface area (Å²) in [6.07, 6.45) is 4.99. The highest BCUT2D eigenvalue weighted by atomic mass is 16.5. The van der Waals surface area contributed by atoms with Crippen molar-refractivity contribution in [1.82, 2.24) is 4.90 Å². The van der Waals surface area contributed by atoms with Crippen molar-refractivity contribution in [3.8, 4) is 0 Å². The molecule has 4 heteroatoms. The molecule has 0 bridgehead atoms. The molecule has 16 heavy (non-hydrogen) atoms. The summed E-state index contributed by atoms with van der Waals surface area (Å²) < 4.78 is 11.2. The van der Waals surface area contributed by atoms with Crippen LogP contribution in [0.1, 0.15) is 25.7 Å². The topological polar surface area (TPSA) is 47.7 Å². The van der Waals surface area contributed by atoms with Crippen LogP contribution >= 0.6 is 0 Å². The van der Waals surface area contributed by atoms with Gasteiger partial charge in [0.15, 0.2) is 0 Å². The SMILES string of the molecule is NCCCOC1CCN(C2CCOC2)CC1. The van der Waals surface area contributed by atoms with E-state index in [4.69, 9.17) is 15.2 Å². The minimum Gasteiger partial charge on any atom is -0.380 e. The van der Waals surface area contributed by atoms with Crippen LogP contribution in [-0.4, -0.2) is 56.5 Å². The predicted molar refractivity (Wildman–Crippen MR) is 63.4 cm³/mol. The monoisotopic (exact) mass is 228 g/mol. The number of hydrogen-bond acceptors (Lipinski definition) is 4. The zero-order chi connectivity index (χ0) is 11.2. The first-order valence-electron chi connectivity index (χ1n) is 6.53. The van der Waals surface area contributed by atoms with Gasteiger partial charge in [-0.3, -0.25) is 4.90 Å². The fraction of sp³-hybridized carbons (Fsp3) is 1.00. The second kappa shape index (κ2) is 6.55. The molecule has 0 spiro atoms. The van der Waals surface area contributed by atoms with Gasteiger partial charge in [-0.1, -0.05) is 0 Å². The van der Waals surface area contributed by atoms with Crippen molar-refractivity contribution < 1.29 is 9.47 Å². The van der Waals surface area contributed by atoms with Crippen LogP contribution in [0, 0.1) is 0 Å². The Hall–Kier alpha value is -0.160. The van der Waals surface area contributed by atoms with Crippen LogP contribution in [0.2, 0.25) is 0 Å². The molecule has 2 fully saturated rings. The summed E-state index contributed by atoms with van der Waals surface area (Å²) in [5.74, 6) is 0. The van der Waals surface area contributed by atoms with Gasteiger partial charge in [-0.2, -0.15) is 0 Å². The third-order valence-electron chi connectivity index (χ3n) is 3.60.